The molecular formula is C21H29FN2O3. The molecule has 0 saturated carbocycles. The molecule has 0 N–H and O–H groups in total. The average Bonchev–Trinajstić information content (AvgIpc) is 3.04. The summed E-state index contributed by atoms with van der Waals surface area (Å²) in [7, 11) is 1.54. The standard InChI is InChI=1S/C21H29FN2O3/c1-20(2,3)18(25)24-11-9-21(14-24)8-5-10-23(19(21)26)13-15-12-16(27-4)6-7-17(15)22/h6-7,12H,5,8-11,13-14H2,1-4H3/t21-/m1/s1. The van der Waals surface area contributed by atoms with E-state index >= 15 is 0 Å². The third-order valence-corrected chi connectivity index (χ3v) is 5.72. The molecule has 1 atom stereocenters. The second-order valence-electron chi connectivity index (χ2n) is 8.79. The van der Waals surface area contributed by atoms with Gasteiger partial charge in [-0.05, 0) is 37.5 Å². The molecule has 6 heteroatoms. The molecule has 0 aliphatic carbocycles. The largest absolute Gasteiger partial charge is 0.497 e. The Balaban J connectivity index is 1.76. The van der Waals surface area contributed by atoms with Crippen molar-refractivity contribution in [3.8, 4) is 5.75 Å². The molecule has 0 unspecified atom stereocenters. The molecule has 1 spiro atoms. The second-order valence-corrected chi connectivity index (χ2v) is 8.79. The molecule has 2 amide bonds. The van der Waals surface area contributed by atoms with Gasteiger partial charge in [0.1, 0.15) is 11.6 Å². The Morgan fingerprint density at radius 1 is 1.26 bits per heavy atom. The third-order valence-electron chi connectivity index (χ3n) is 5.72. The van der Waals surface area contributed by atoms with Crippen LogP contribution >= 0.6 is 0 Å². The summed E-state index contributed by atoms with van der Waals surface area (Å²) in [5.41, 5.74) is -0.512. The van der Waals surface area contributed by atoms with Crippen molar-refractivity contribution >= 4 is 11.8 Å². The monoisotopic (exact) mass is 376 g/mol. The van der Waals surface area contributed by atoms with Gasteiger partial charge in [-0.2, -0.15) is 0 Å². The van der Waals surface area contributed by atoms with Crippen LogP contribution in [-0.2, 0) is 16.1 Å². The topological polar surface area (TPSA) is 49.9 Å². The van der Waals surface area contributed by atoms with E-state index in [2.05, 4.69) is 0 Å². The van der Waals surface area contributed by atoms with Gasteiger partial charge in [0.2, 0.25) is 11.8 Å². The summed E-state index contributed by atoms with van der Waals surface area (Å²) >= 11 is 0. The lowest BCUT2D eigenvalue weighted by Gasteiger charge is -2.39. The van der Waals surface area contributed by atoms with Crippen LogP contribution in [0, 0.1) is 16.6 Å². The molecule has 0 aromatic heterocycles. The number of piperidine rings is 1. The van der Waals surface area contributed by atoms with Gasteiger partial charge in [0, 0.05) is 37.2 Å². The highest BCUT2D eigenvalue weighted by Crippen LogP contribution is 2.41. The van der Waals surface area contributed by atoms with Gasteiger partial charge >= 0.3 is 0 Å². The van der Waals surface area contributed by atoms with Crippen molar-refractivity contribution in [3.05, 3.63) is 29.6 Å². The first-order valence-electron chi connectivity index (χ1n) is 9.57. The Hall–Kier alpha value is -2.11. The van der Waals surface area contributed by atoms with Crippen molar-refractivity contribution in [2.75, 3.05) is 26.7 Å². The van der Waals surface area contributed by atoms with Gasteiger partial charge < -0.3 is 14.5 Å². The molecule has 5 nitrogen and oxygen atoms in total. The molecular weight excluding hydrogens is 347 g/mol. The number of carbonyl (C=O) groups is 2. The summed E-state index contributed by atoms with van der Waals surface area (Å²) < 4.78 is 19.4. The predicted molar refractivity (Wildman–Crippen MR) is 101 cm³/mol. The van der Waals surface area contributed by atoms with E-state index in [4.69, 9.17) is 4.74 Å². The average molecular weight is 376 g/mol. The van der Waals surface area contributed by atoms with Crippen molar-refractivity contribution in [1.29, 1.82) is 0 Å². The first-order chi connectivity index (χ1) is 12.7. The van der Waals surface area contributed by atoms with E-state index in [-0.39, 0.29) is 24.2 Å². The van der Waals surface area contributed by atoms with Crippen molar-refractivity contribution in [2.45, 2.75) is 46.6 Å². The summed E-state index contributed by atoms with van der Waals surface area (Å²) in [4.78, 5) is 29.5. The normalized spacial score (nSPS) is 23.2. The first kappa shape index (κ1) is 19.6. The quantitative estimate of drug-likeness (QED) is 0.814. The zero-order chi connectivity index (χ0) is 19.8. The fraction of sp³-hybridized carbons (Fsp3) is 0.619. The number of nitrogens with zero attached hydrogens (tertiary/aromatic N) is 2. The van der Waals surface area contributed by atoms with Crippen LogP contribution in [0.15, 0.2) is 18.2 Å². The Kier molecular flexibility index (Phi) is 5.19. The molecule has 1 aromatic carbocycles. The van der Waals surface area contributed by atoms with Gasteiger partial charge in [-0.1, -0.05) is 20.8 Å². The Bertz CT molecular complexity index is 743. The van der Waals surface area contributed by atoms with Crippen LogP contribution in [0.25, 0.3) is 0 Å². The van der Waals surface area contributed by atoms with Crippen LogP contribution in [-0.4, -0.2) is 48.4 Å². The molecule has 2 aliphatic rings. The van der Waals surface area contributed by atoms with Crippen LogP contribution in [0.2, 0.25) is 0 Å². The molecule has 2 heterocycles. The van der Waals surface area contributed by atoms with Gasteiger partial charge in [0.05, 0.1) is 12.5 Å². The van der Waals surface area contributed by atoms with Crippen LogP contribution in [0.3, 0.4) is 0 Å². The maximum Gasteiger partial charge on any atom is 0.230 e. The van der Waals surface area contributed by atoms with E-state index < -0.39 is 10.8 Å². The minimum Gasteiger partial charge on any atom is -0.497 e. The predicted octanol–water partition coefficient (Wildman–Crippen LogP) is 3.22. The van der Waals surface area contributed by atoms with Crippen molar-refractivity contribution in [1.82, 2.24) is 9.80 Å². The number of ether oxygens (including phenoxy) is 1. The van der Waals surface area contributed by atoms with Crippen molar-refractivity contribution in [2.24, 2.45) is 10.8 Å². The SMILES string of the molecule is COc1ccc(F)c(CN2CCC[C@]3(CCN(C(=O)C(C)(C)C)C3)C2=O)c1. The zero-order valence-electron chi connectivity index (χ0n) is 16.7. The number of amides is 2. The Labute approximate surface area is 160 Å². The summed E-state index contributed by atoms with van der Waals surface area (Å²) in [5, 5.41) is 0. The molecule has 27 heavy (non-hydrogen) atoms. The van der Waals surface area contributed by atoms with Crippen molar-refractivity contribution < 1.29 is 18.7 Å². The van der Waals surface area contributed by atoms with Crippen LogP contribution < -0.4 is 4.74 Å². The molecule has 2 aliphatic heterocycles. The summed E-state index contributed by atoms with van der Waals surface area (Å²) in [6, 6.07) is 4.59. The summed E-state index contributed by atoms with van der Waals surface area (Å²) in [6.45, 7) is 7.65. The number of carbonyl (C=O) groups excluding carboxylic acids is 2. The maximum absolute atomic E-state index is 14.2. The van der Waals surface area contributed by atoms with E-state index in [0.29, 0.717) is 37.4 Å². The summed E-state index contributed by atoms with van der Waals surface area (Å²) in [5.74, 6) is 0.371. The van der Waals surface area contributed by atoms with Gasteiger partial charge in [0.15, 0.2) is 0 Å². The van der Waals surface area contributed by atoms with E-state index in [0.717, 1.165) is 12.8 Å². The zero-order valence-corrected chi connectivity index (χ0v) is 16.7. The molecule has 3 rings (SSSR count). The van der Waals surface area contributed by atoms with E-state index in [9.17, 15) is 14.0 Å². The smallest absolute Gasteiger partial charge is 0.230 e. The fourth-order valence-electron chi connectivity index (χ4n) is 4.21. The highest BCUT2D eigenvalue weighted by atomic mass is 19.1. The Morgan fingerprint density at radius 3 is 2.67 bits per heavy atom. The number of rotatable bonds is 3. The summed E-state index contributed by atoms with van der Waals surface area (Å²) in [6.07, 6.45) is 2.34. The van der Waals surface area contributed by atoms with E-state index in [1.807, 2.05) is 25.7 Å². The lowest BCUT2D eigenvalue weighted by molar-refractivity contribution is -0.147. The molecule has 1 aromatic rings. The van der Waals surface area contributed by atoms with Crippen LogP contribution in [0.1, 0.15) is 45.6 Å². The van der Waals surface area contributed by atoms with E-state index in [1.54, 1.807) is 17.0 Å². The van der Waals surface area contributed by atoms with Gasteiger partial charge in [-0.15, -0.1) is 0 Å². The Morgan fingerprint density at radius 2 is 2.00 bits per heavy atom. The van der Waals surface area contributed by atoms with E-state index in [1.165, 1.54) is 13.2 Å². The first-order valence-corrected chi connectivity index (χ1v) is 9.57. The molecule has 2 fully saturated rings. The molecule has 0 bridgehead atoms. The van der Waals surface area contributed by atoms with Crippen molar-refractivity contribution in [3.63, 3.8) is 0 Å². The van der Waals surface area contributed by atoms with Crippen LogP contribution in [0.5, 0.6) is 5.75 Å². The van der Waals surface area contributed by atoms with Crippen LogP contribution in [0.4, 0.5) is 4.39 Å². The maximum atomic E-state index is 14.2. The number of hydrogen-bond donors (Lipinski definition) is 0. The van der Waals surface area contributed by atoms with Gasteiger partial charge in [-0.25, -0.2) is 4.39 Å². The van der Waals surface area contributed by atoms with Gasteiger partial charge in [-0.3, -0.25) is 9.59 Å². The number of halogens is 1. The molecule has 148 valence electrons. The number of likely N-dealkylation sites (tertiary alicyclic amines) is 2. The number of hydrogen-bond acceptors (Lipinski definition) is 3. The second kappa shape index (κ2) is 7.13. The lowest BCUT2D eigenvalue weighted by Crippen LogP contribution is -2.50. The van der Waals surface area contributed by atoms with Gasteiger partial charge in [0.25, 0.3) is 0 Å². The lowest BCUT2D eigenvalue weighted by atomic mass is 9.78. The molecule has 0 radical (unpaired) electrons. The molecule has 2 saturated heterocycles. The highest BCUT2D eigenvalue weighted by Gasteiger charge is 2.50. The minimum atomic E-state index is -0.519. The fourth-order valence-corrected chi connectivity index (χ4v) is 4.21. The highest BCUT2D eigenvalue weighted by molar-refractivity contribution is 5.87. The number of methoxy groups -OCH3 is 1. The third kappa shape index (κ3) is 3.80. The number of benzene rings is 1. The minimum absolute atomic E-state index is 0.0418.